The molecule has 0 aromatic carbocycles. The molecule has 0 unspecified atom stereocenters. The van der Waals surface area contributed by atoms with Gasteiger partial charge in [0, 0.05) is 0 Å². The number of nitrogens with two attached hydrogens (primary N) is 1. The highest BCUT2D eigenvalue weighted by atomic mass is 35.5. The molecule has 0 fully saturated rings. The van der Waals surface area contributed by atoms with Gasteiger partial charge >= 0.3 is 0 Å². The van der Waals surface area contributed by atoms with Crippen molar-refractivity contribution in [1.82, 2.24) is 10.1 Å². The number of hydrogen-bond donors (Lipinski definition) is 1. The third-order valence-corrected chi connectivity index (χ3v) is 2.38. The standard InChI is InChI=1S/C11H15N3O2.ClH/c1-11(2,3)8(12)10-13-9(14-16-10)7-5-4-6-15-7;/h4-6,8H,12H2,1-3H3;1H/t8-;/m1./s1. The molecule has 2 N–H and O–H groups in total. The maximum absolute atomic E-state index is 6.01. The summed E-state index contributed by atoms with van der Waals surface area (Å²) in [4.78, 5) is 4.22. The van der Waals surface area contributed by atoms with Crippen molar-refractivity contribution in [2.75, 3.05) is 0 Å². The van der Waals surface area contributed by atoms with Crippen molar-refractivity contribution < 1.29 is 8.94 Å². The van der Waals surface area contributed by atoms with Gasteiger partial charge in [0.25, 0.3) is 0 Å². The summed E-state index contributed by atoms with van der Waals surface area (Å²) in [5.74, 6) is 1.44. The molecule has 0 saturated carbocycles. The molecule has 0 radical (unpaired) electrons. The normalized spacial score (nSPS) is 13.2. The zero-order chi connectivity index (χ0) is 11.8. The Bertz CT molecular complexity index is 459. The molecule has 5 nitrogen and oxygen atoms in total. The van der Waals surface area contributed by atoms with Crippen molar-refractivity contribution in [2.24, 2.45) is 11.1 Å². The van der Waals surface area contributed by atoms with Crippen LogP contribution in [0.25, 0.3) is 11.6 Å². The molecule has 2 rings (SSSR count). The minimum atomic E-state index is -0.288. The van der Waals surface area contributed by atoms with Gasteiger partial charge in [0.2, 0.25) is 11.7 Å². The summed E-state index contributed by atoms with van der Waals surface area (Å²) in [5.41, 5.74) is 5.89. The van der Waals surface area contributed by atoms with Gasteiger partial charge in [-0.2, -0.15) is 4.98 Å². The molecule has 94 valence electrons. The van der Waals surface area contributed by atoms with Crippen LogP contribution >= 0.6 is 12.4 Å². The van der Waals surface area contributed by atoms with Crippen LogP contribution in [0.15, 0.2) is 27.3 Å². The number of halogens is 1. The van der Waals surface area contributed by atoms with Crippen LogP contribution < -0.4 is 5.73 Å². The summed E-state index contributed by atoms with van der Waals surface area (Å²) in [6.45, 7) is 6.07. The van der Waals surface area contributed by atoms with Gasteiger partial charge in [-0.3, -0.25) is 0 Å². The summed E-state index contributed by atoms with van der Waals surface area (Å²) in [6, 6.07) is 3.26. The molecule has 2 aromatic heterocycles. The minimum Gasteiger partial charge on any atom is -0.461 e. The van der Waals surface area contributed by atoms with E-state index in [4.69, 9.17) is 14.7 Å². The van der Waals surface area contributed by atoms with E-state index in [1.165, 1.54) is 0 Å². The van der Waals surface area contributed by atoms with E-state index in [2.05, 4.69) is 10.1 Å². The van der Waals surface area contributed by atoms with Crippen LogP contribution in [0.2, 0.25) is 0 Å². The van der Waals surface area contributed by atoms with E-state index in [1.807, 2.05) is 20.8 Å². The van der Waals surface area contributed by atoms with Gasteiger partial charge in [0.15, 0.2) is 5.76 Å². The van der Waals surface area contributed by atoms with Crippen LogP contribution in [0.4, 0.5) is 0 Å². The van der Waals surface area contributed by atoms with Gasteiger partial charge < -0.3 is 14.7 Å². The molecular formula is C11H16ClN3O2. The zero-order valence-electron chi connectivity index (χ0n) is 10.0. The SMILES string of the molecule is CC(C)(C)[C@H](N)c1nc(-c2ccco2)no1.Cl. The monoisotopic (exact) mass is 257 g/mol. The van der Waals surface area contributed by atoms with Crippen molar-refractivity contribution in [2.45, 2.75) is 26.8 Å². The number of furan rings is 1. The quantitative estimate of drug-likeness (QED) is 0.895. The predicted octanol–water partition coefficient (Wildman–Crippen LogP) is 2.80. The van der Waals surface area contributed by atoms with Crippen molar-refractivity contribution in [3.8, 4) is 11.6 Å². The third-order valence-electron chi connectivity index (χ3n) is 2.38. The number of hydrogen-bond acceptors (Lipinski definition) is 5. The zero-order valence-corrected chi connectivity index (χ0v) is 10.8. The highest BCUT2D eigenvalue weighted by Crippen LogP contribution is 2.30. The fourth-order valence-electron chi connectivity index (χ4n) is 1.24. The molecule has 0 aliphatic carbocycles. The van der Waals surface area contributed by atoms with E-state index in [0.717, 1.165) is 0 Å². The molecule has 0 aliphatic rings. The van der Waals surface area contributed by atoms with Gasteiger partial charge in [-0.25, -0.2) is 0 Å². The van der Waals surface area contributed by atoms with Crippen molar-refractivity contribution in [1.29, 1.82) is 0 Å². The Labute approximate surface area is 106 Å². The Morgan fingerprint density at radius 3 is 2.59 bits per heavy atom. The number of rotatable bonds is 2. The topological polar surface area (TPSA) is 78.1 Å². The molecule has 0 bridgehead atoms. The fraction of sp³-hybridized carbons (Fsp3) is 0.455. The Morgan fingerprint density at radius 1 is 1.35 bits per heavy atom. The average Bonchev–Trinajstić information content (AvgIpc) is 2.85. The summed E-state index contributed by atoms with van der Waals surface area (Å²) in [7, 11) is 0. The third kappa shape index (κ3) is 2.87. The first-order valence-electron chi connectivity index (χ1n) is 5.11. The second-order valence-corrected chi connectivity index (χ2v) is 4.78. The number of aromatic nitrogens is 2. The molecular weight excluding hydrogens is 242 g/mol. The predicted molar refractivity (Wildman–Crippen MR) is 65.6 cm³/mol. The molecule has 0 spiro atoms. The molecule has 0 saturated heterocycles. The van der Waals surface area contributed by atoms with E-state index in [9.17, 15) is 0 Å². The second-order valence-electron chi connectivity index (χ2n) is 4.78. The Hall–Kier alpha value is -1.33. The van der Waals surface area contributed by atoms with Crippen LogP contribution in [0.3, 0.4) is 0 Å². The lowest BCUT2D eigenvalue weighted by Gasteiger charge is -2.23. The van der Waals surface area contributed by atoms with E-state index >= 15 is 0 Å². The Kier molecular flexibility index (Phi) is 3.95. The van der Waals surface area contributed by atoms with Gasteiger partial charge in [-0.1, -0.05) is 25.9 Å². The van der Waals surface area contributed by atoms with Gasteiger partial charge in [-0.05, 0) is 17.5 Å². The highest BCUT2D eigenvalue weighted by Gasteiger charge is 2.28. The van der Waals surface area contributed by atoms with Crippen molar-refractivity contribution in [3.63, 3.8) is 0 Å². The maximum atomic E-state index is 6.01. The summed E-state index contributed by atoms with van der Waals surface area (Å²) < 4.78 is 10.3. The average molecular weight is 258 g/mol. The Morgan fingerprint density at radius 2 is 2.06 bits per heavy atom. The molecule has 0 aliphatic heterocycles. The van der Waals surface area contributed by atoms with Crippen LogP contribution in [0, 0.1) is 5.41 Å². The van der Waals surface area contributed by atoms with Crippen LogP contribution in [0.5, 0.6) is 0 Å². The first kappa shape index (κ1) is 13.7. The van der Waals surface area contributed by atoms with Crippen molar-refractivity contribution in [3.05, 3.63) is 24.3 Å². The molecule has 17 heavy (non-hydrogen) atoms. The molecule has 6 heteroatoms. The Balaban J connectivity index is 0.00000144. The second kappa shape index (κ2) is 4.89. The van der Waals surface area contributed by atoms with Gasteiger partial charge in [0.05, 0.1) is 12.3 Å². The van der Waals surface area contributed by atoms with E-state index in [0.29, 0.717) is 17.5 Å². The molecule has 1 atom stereocenters. The molecule has 0 amide bonds. The largest absolute Gasteiger partial charge is 0.461 e. The smallest absolute Gasteiger partial charge is 0.244 e. The summed E-state index contributed by atoms with van der Waals surface area (Å²) in [6.07, 6.45) is 1.56. The van der Waals surface area contributed by atoms with Gasteiger partial charge in [-0.15, -0.1) is 12.4 Å². The number of nitrogens with zero attached hydrogens (tertiary/aromatic N) is 2. The first-order chi connectivity index (χ1) is 7.48. The highest BCUT2D eigenvalue weighted by molar-refractivity contribution is 5.85. The van der Waals surface area contributed by atoms with Crippen molar-refractivity contribution >= 4 is 12.4 Å². The minimum absolute atomic E-state index is 0. The van der Waals surface area contributed by atoms with E-state index in [1.54, 1.807) is 18.4 Å². The summed E-state index contributed by atoms with van der Waals surface area (Å²) in [5, 5.41) is 3.83. The lowest BCUT2D eigenvalue weighted by Crippen LogP contribution is -2.26. The first-order valence-corrected chi connectivity index (χ1v) is 5.11. The van der Waals surface area contributed by atoms with Gasteiger partial charge in [0.1, 0.15) is 0 Å². The molecule has 2 heterocycles. The van der Waals surface area contributed by atoms with E-state index < -0.39 is 0 Å². The fourth-order valence-corrected chi connectivity index (χ4v) is 1.24. The van der Waals surface area contributed by atoms with Crippen LogP contribution in [0.1, 0.15) is 32.7 Å². The van der Waals surface area contributed by atoms with Crippen LogP contribution in [-0.4, -0.2) is 10.1 Å². The summed E-state index contributed by atoms with van der Waals surface area (Å²) >= 11 is 0. The lowest BCUT2D eigenvalue weighted by atomic mass is 9.87. The lowest BCUT2D eigenvalue weighted by molar-refractivity contribution is 0.253. The molecule has 2 aromatic rings. The van der Waals surface area contributed by atoms with Crippen LogP contribution in [-0.2, 0) is 0 Å². The van der Waals surface area contributed by atoms with E-state index in [-0.39, 0.29) is 23.9 Å². The maximum Gasteiger partial charge on any atom is 0.244 e.